The van der Waals surface area contributed by atoms with Gasteiger partial charge in [0.2, 0.25) is 5.91 Å². The van der Waals surface area contributed by atoms with Gasteiger partial charge in [0.1, 0.15) is 6.54 Å². The molecule has 1 unspecified atom stereocenters. The molecule has 0 aliphatic heterocycles. The highest BCUT2D eigenvalue weighted by molar-refractivity contribution is 5.80. The van der Waals surface area contributed by atoms with Gasteiger partial charge in [-0.15, -0.1) is 0 Å². The van der Waals surface area contributed by atoms with Gasteiger partial charge in [-0.2, -0.15) is 18.3 Å². The fourth-order valence-electron chi connectivity index (χ4n) is 2.99. The van der Waals surface area contributed by atoms with E-state index in [2.05, 4.69) is 15.4 Å². The Morgan fingerprint density at radius 3 is 2.40 bits per heavy atom. The maximum absolute atomic E-state index is 13.3. The zero-order valence-electron chi connectivity index (χ0n) is 16.2. The summed E-state index contributed by atoms with van der Waals surface area (Å²) in [6.45, 7) is 1.27. The molecule has 0 saturated carbocycles. The Bertz CT molecular complexity index is 1040. The number of hydrogen-bond donors (Lipinski definition) is 1. The van der Waals surface area contributed by atoms with Gasteiger partial charge in [0, 0.05) is 17.9 Å². The van der Waals surface area contributed by atoms with Crippen LogP contribution < -0.4 is 5.32 Å². The van der Waals surface area contributed by atoms with E-state index >= 15 is 0 Å². The molecule has 0 spiro atoms. The van der Waals surface area contributed by atoms with Crippen molar-refractivity contribution in [2.45, 2.75) is 45.0 Å². The first-order valence-corrected chi connectivity index (χ1v) is 9.07. The van der Waals surface area contributed by atoms with Gasteiger partial charge in [-0.3, -0.25) is 14.5 Å². The number of hydrogen-bond acceptors (Lipinski definition) is 3. The Labute approximate surface area is 168 Å². The van der Waals surface area contributed by atoms with Crippen LogP contribution in [0.5, 0.6) is 0 Å². The molecule has 2 aromatic heterocycles. The summed E-state index contributed by atoms with van der Waals surface area (Å²) >= 11 is 0. The second kappa shape index (κ2) is 8.00. The van der Waals surface area contributed by atoms with Crippen molar-refractivity contribution in [2.24, 2.45) is 0 Å². The number of benzene rings is 1. The number of pyridine rings is 1. The van der Waals surface area contributed by atoms with Crippen molar-refractivity contribution in [1.29, 1.82) is 0 Å². The van der Waals surface area contributed by atoms with Crippen LogP contribution in [0.4, 0.5) is 22.0 Å². The second-order valence-corrected chi connectivity index (χ2v) is 7.14. The molecule has 160 valence electrons. The highest BCUT2D eigenvalue weighted by atomic mass is 19.4. The van der Waals surface area contributed by atoms with Crippen molar-refractivity contribution in [1.82, 2.24) is 20.1 Å². The van der Waals surface area contributed by atoms with Crippen molar-refractivity contribution in [3.05, 3.63) is 59.5 Å². The third-order valence-corrected chi connectivity index (χ3v) is 4.53. The summed E-state index contributed by atoms with van der Waals surface area (Å²) in [5.74, 6) is -3.29. The molecule has 0 radical (unpaired) electrons. The molecule has 0 fully saturated rings. The minimum atomic E-state index is -4.40. The van der Waals surface area contributed by atoms with E-state index in [1.54, 1.807) is 13.0 Å². The molecule has 0 saturated heterocycles. The lowest BCUT2D eigenvalue weighted by Crippen LogP contribution is -2.28. The molecule has 10 heteroatoms. The van der Waals surface area contributed by atoms with Crippen LogP contribution in [-0.2, 0) is 23.7 Å². The molecule has 0 bridgehead atoms. The fourth-order valence-corrected chi connectivity index (χ4v) is 2.99. The second-order valence-electron chi connectivity index (χ2n) is 7.14. The Morgan fingerprint density at radius 1 is 1.13 bits per heavy atom. The lowest BCUT2D eigenvalue weighted by atomic mass is 10.1. The Balaban J connectivity index is 1.65. The van der Waals surface area contributed by atoms with Crippen molar-refractivity contribution in [2.75, 3.05) is 0 Å². The van der Waals surface area contributed by atoms with Crippen molar-refractivity contribution >= 4 is 16.8 Å². The number of nitrogens with one attached hydrogen (secondary N) is 1. The van der Waals surface area contributed by atoms with Gasteiger partial charge in [0.25, 0.3) is 5.92 Å². The highest BCUT2D eigenvalue weighted by Gasteiger charge is 2.29. The van der Waals surface area contributed by atoms with Gasteiger partial charge in [0.05, 0.1) is 36.1 Å². The average molecular weight is 426 g/mol. The summed E-state index contributed by atoms with van der Waals surface area (Å²) in [5.41, 5.74) is 1.14. The fraction of sp³-hybridized carbons (Fsp3) is 0.350. The molecule has 0 aliphatic rings. The molecule has 1 aromatic carbocycles. The van der Waals surface area contributed by atoms with Gasteiger partial charge in [-0.05, 0) is 18.6 Å². The van der Waals surface area contributed by atoms with E-state index in [1.165, 1.54) is 36.7 Å². The minimum absolute atomic E-state index is 0.00827. The maximum atomic E-state index is 13.3. The lowest BCUT2D eigenvalue weighted by Gasteiger charge is -2.15. The monoisotopic (exact) mass is 426 g/mol. The molecule has 0 aliphatic carbocycles. The van der Waals surface area contributed by atoms with Crippen LogP contribution >= 0.6 is 0 Å². The Kier molecular flexibility index (Phi) is 5.78. The van der Waals surface area contributed by atoms with Gasteiger partial charge in [-0.1, -0.05) is 24.3 Å². The van der Waals surface area contributed by atoms with E-state index in [-0.39, 0.29) is 23.4 Å². The number of carbonyl (C=O) groups excluding carboxylic acids is 1. The first-order valence-electron chi connectivity index (χ1n) is 9.07. The summed E-state index contributed by atoms with van der Waals surface area (Å²) in [5, 5.41) is 6.95. The first-order chi connectivity index (χ1) is 13.9. The predicted octanol–water partition coefficient (Wildman–Crippen LogP) is 4.53. The summed E-state index contributed by atoms with van der Waals surface area (Å²) in [6, 6.07) is 6.55. The number of rotatable bonds is 6. The number of nitrogens with zero attached hydrogens (tertiary/aromatic N) is 3. The van der Waals surface area contributed by atoms with Crippen LogP contribution in [0.3, 0.4) is 0 Å². The normalized spacial score (nSPS) is 13.4. The molecule has 2 heterocycles. The number of fused-ring (bicyclic) bond motifs is 1. The zero-order chi connectivity index (χ0) is 22.1. The Morgan fingerprint density at radius 2 is 1.80 bits per heavy atom. The van der Waals surface area contributed by atoms with E-state index in [1.807, 2.05) is 0 Å². The molecule has 3 rings (SSSR count). The highest BCUT2D eigenvalue weighted by Crippen LogP contribution is 2.27. The zero-order valence-corrected chi connectivity index (χ0v) is 16.2. The number of carbonyl (C=O) groups is 1. The van der Waals surface area contributed by atoms with Crippen LogP contribution in [0.2, 0.25) is 0 Å². The van der Waals surface area contributed by atoms with Gasteiger partial charge >= 0.3 is 6.18 Å². The molecular formula is C20H19F5N4O. The van der Waals surface area contributed by atoms with E-state index in [0.29, 0.717) is 16.6 Å². The van der Waals surface area contributed by atoms with Crippen LogP contribution in [0.15, 0.2) is 42.7 Å². The maximum Gasteiger partial charge on any atom is 0.408 e. The number of amides is 1. The molecule has 1 atom stereocenters. The molecule has 1 N–H and O–H groups in total. The SMILES string of the molecule is CC(NC(=O)Cc1ccc(C(C)(F)F)cc1)c1cc2cnn(CC(F)(F)F)c2cn1. The summed E-state index contributed by atoms with van der Waals surface area (Å²) < 4.78 is 65.1. The van der Waals surface area contributed by atoms with Gasteiger partial charge in [0.15, 0.2) is 0 Å². The van der Waals surface area contributed by atoms with Crippen LogP contribution in [0, 0.1) is 0 Å². The van der Waals surface area contributed by atoms with Crippen molar-refractivity contribution in [3.63, 3.8) is 0 Å². The quantitative estimate of drug-likeness (QED) is 0.590. The molecular weight excluding hydrogens is 407 g/mol. The van der Waals surface area contributed by atoms with Crippen LogP contribution in [0.1, 0.15) is 36.7 Å². The molecule has 30 heavy (non-hydrogen) atoms. The third kappa shape index (κ3) is 5.31. The van der Waals surface area contributed by atoms with Gasteiger partial charge < -0.3 is 5.32 Å². The topological polar surface area (TPSA) is 59.8 Å². The van der Waals surface area contributed by atoms with Gasteiger partial charge in [-0.25, -0.2) is 8.78 Å². The molecule has 1 amide bonds. The smallest absolute Gasteiger partial charge is 0.348 e. The van der Waals surface area contributed by atoms with E-state index in [9.17, 15) is 26.7 Å². The van der Waals surface area contributed by atoms with Crippen molar-refractivity contribution < 1.29 is 26.7 Å². The number of alkyl halides is 5. The minimum Gasteiger partial charge on any atom is -0.348 e. The van der Waals surface area contributed by atoms with E-state index < -0.39 is 24.7 Å². The summed E-state index contributed by atoms with van der Waals surface area (Å²) in [6.07, 6.45) is -1.81. The van der Waals surface area contributed by atoms with Crippen molar-refractivity contribution in [3.8, 4) is 0 Å². The summed E-state index contributed by atoms with van der Waals surface area (Å²) in [4.78, 5) is 16.4. The first kappa shape index (κ1) is 21.7. The number of aromatic nitrogens is 3. The Hall–Kier alpha value is -3.04. The van der Waals surface area contributed by atoms with E-state index in [4.69, 9.17) is 0 Å². The third-order valence-electron chi connectivity index (χ3n) is 4.53. The van der Waals surface area contributed by atoms with E-state index in [0.717, 1.165) is 11.6 Å². The largest absolute Gasteiger partial charge is 0.408 e. The average Bonchev–Trinajstić information content (AvgIpc) is 3.01. The van der Waals surface area contributed by atoms with Crippen LogP contribution in [-0.4, -0.2) is 26.8 Å². The molecule has 5 nitrogen and oxygen atoms in total. The standard InChI is InChI=1S/C20H19F5N4O/c1-12(28-18(30)7-13-3-5-15(6-4-13)19(2,21)22)16-8-14-9-27-29(11-20(23,24)25)17(14)10-26-16/h3-6,8-10,12H,7,11H2,1-2H3,(H,28,30). The summed E-state index contributed by atoms with van der Waals surface area (Å²) in [7, 11) is 0. The number of halogens is 5. The lowest BCUT2D eigenvalue weighted by molar-refractivity contribution is -0.141. The van der Waals surface area contributed by atoms with Crippen LogP contribution in [0.25, 0.3) is 10.9 Å². The predicted molar refractivity (Wildman–Crippen MR) is 99.9 cm³/mol. The molecule has 3 aromatic rings.